The molecule has 2 heterocycles. The predicted molar refractivity (Wildman–Crippen MR) is 84.3 cm³/mol. The molecule has 0 saturated carbocycles. The molecule has 2 aromatic rings. The van der Waals surface area contributed by atoms with Crippen molar-refractivity contribution in [2.45, 2.75) is 26.8 Å². The summed E-state index contributed by atoms with van der Waals surface area (Å²) < 4.78 is 1.97. The third-order valence-corrected chi connectivity index (χ3v) is 3.72. The Bertz CT molecular complexity index is 534. The molecule has 5 heteroatoms. The number of fused-ring (bicyclic) bond motifs is 1. The minimum atomic E-state index is 0.730. The van der Waals surface area contributed by atoms with Crippen LogP contribution in [0, 0.1) is 0 Å². The van der Waals surface area contributed by atoms with Gasteiger partial charge in [0, 0.05) is 18.9 Å². The Morgan fingerprint density at radius 2 is 2.05 bits per heavy atom. The fourth-order valence-corrected chi connectivity index (χ4v) is 2.45. The lowest BCUT2D eigenvalue weighted by molar-refractivity contribution is 0.298. The molecule has 110 valence electrons. The van der Waals surface area contributed by atoms with Gasteiger partial charge in [-0.2, -0.15) is 0 Å². The summed E-state index contributed by atoms with van der Waals surface area (Å²) in [6.45, 7) is 9.65. The number of imidazole rings is 1. The Labute approximate surface area is 125 Å². The molecule has 0 atom stereocenters. The van der Waals surface area contributed by atoms with Gasteiger partial charge in [0.1, 0.15) is 5.65 Å². The lowest BCUT2D eigenvalue weighted by Gasteiger charge is -2.17. The van der Waals surface area contributed by atoms with E-state index in [0.29, 0.717) is 0 Å². The Morgan fingerprint density at radius 3 is 2.80 bits per heavy atom. The number of aromatic nitrogens is 2. The Kier molecular flexibility index (Phi) is 5.83. The van der Waals surface area contributed by atoms with Crippen molar-refractivity contribution < 1.29 is 0 Å². The second-order valence-electron chi connectivity index (χ2n) is 4.90. The van der Waals surface area contributed by atoms with Crippen molar-refractivity contribution >= 4 is 17.2 Å². The van der Waals surface area contributed by atoms with Gasteiger partial charge in [-0.25, -0.2) is 4.98 Å². The van der Waals surface area contributed by atoms with E-state index in [9.17, 15) is 0 Å². The van der Waals surface area contributed by atoms with Crippen LogP contribution in [0.15, 0.2) is 24.5 Å². The number of halogens is 1. The van der Waals surface area contributed by atoms with Gasteiger partial charge in [0.15, 0.2) is 0 Å². The topological polar surface area (TPSA) is 32.6 Å². The highest BCUT2D eigenvalue weighted by Gasteiger charge is 2.02. The molecule has 20 heavy (non-hydrogen) atoms. The van der Waals surface area contributed by atoms with Crippen LogP contribution in [0.1, 0.15) is 26.0 Å². The molecular weight excluding hydrogens is 272 g/mol. The van der Waals surface area contributed by atoms with Crippen LogP contribution in [-0.2, 0) is 6.54 Å². The number of nitrogens with zero attached hydrogens (tertiary/aromatic N) is 3. The SMILES string of the molecule is CCN(CC)CCCNCc1cn2cc(Cl)ccc2n1. The van der Waals surface area contributed by atoms with Crippen molar-refractivity contribution in [1.29, 1.82) is 0 Å². The van der Waals surface area contributed by atoms with Crippen molar-refractivity contribution in [3.8, 4) is 0 Å². The molecule has 2 aromatic heterocycles. The molecule has 1 N–H and O–H groups in total. The minimum Gasteiger partial charge on any atom is -0.311 e. The van der Waals surface area contributed by atoms with Crippen molar-refractivity contribution in [1.82, 2.24) is 19.6 Å². The van der Waals surface area contributed by atoms with Gasteiger partial charge in [0.05, 0.1) is 10.7 Å². The van der Waals surface area contributed by atoms with Gasteiger partial charge < -0.3 is 14.6 Å². The van der Waals surface area contributed by atoms with E-state index < -0.39 is 0 Å². The van der Waals surface area contributed by atoms with Crippen molar-refractivity contribution in [3.05, 3.63) is 35.2 Å². The van der Waals surface area contributed by atoms with Crippen LogP contribution < -0.4 is 5.32 Å². The van der Waals surface area contributed by atoms with Crippen molar-refractivity contribution in [2.75, 3.05) is 26.2 Å². The molecule has 0 aliphatic rings. The van der Waals surface area contributed by atoms with E-state index in [0.717, 1.165) is 49.1 Å². The fraction of sp³-hybridized carbons (Fsp3) is 0.533. The van der Waals surface area contributed by atoms with Crippen LogP contribution in [-0.4, -0.2) is 40.5 Å². The first kappa shape index (κ1) is 15.3. The molecular formula is C15H23ClN4. The minimum absolute atomic E-state index is 0.730. The van der Waals surface area contributed by atoms with E-state index in [1.54, 1.807) is 0 Å². The maximum atomic E-state index is 5.96. The maximum Gasteiger partial charge on any atom is 0.137 e. The highest BCUT2D eigenvalue weighted by Crippen LogP contribution is 2.11. The number of hydrogen-bond acceptors (Lipinski definition) is 3. The molecule has 0 aliphatic carbocycles. The summed E-state index contributed by atoms with van der Waals surface area (Å²) in [5.74, 6) is 0. The van der Waals surface area contributed by atoms with E-state index in [2.05, 4.69) is 29.0 Å². The Balaban J connectivity index is 1.75. The van der Waals surface area contributed by atoms with E-state index in [-0.39, 0.29) is 0 Å². The summed E-state index contributed by atoms with van der Waals surface area (Å²) in [4.78, 5) is 6.99. The molecule has 0 bridgehead atoms. The smallest absolute Gasteiger partial charge is 0.137 e. The Hall–Kier alpha value is -1.10. The van der Waals surface area contributed by atoms with Crippen LogP contribution in [0.25, 0.3) is 5.65 Å². The van der Waals surface area contributed by atoms with Crippen LogP contribution in [0.5, 0.6) is 0 Å². The highest BCUT2D eigenvalue weighted by atomic mass is 35.5. The lowest BCUT2D eigenvalue weighted by Crippen LogP contribution is -2.27. The van der Waals surface area contributed by atoms with Crippen molar-refractivity contribution in [2.24, 2.45) is 0 Å². The number of hydrogen-bond donors (Lipinski definition) is 1. The van der Waals surface area contributed by atoms with E-state index in [4.69, 9.17) is 11.6 Å². The van der Waals surface area contributed by atoms with Crippen LogP contribution in [0.2, 0.25) is 5.02 Å². The van der Waals surface area contributed by atoms with Crippen LogP contribution >= 0.6 is 11.6 Å². The monoisotopic (exact) mass is 294 g/mol. The summed E-state index contributed by atoms with van der Waals surface area (Å²) in [5, 5.41) is 4.18. The molecule has 0 aromatic carbocycles. The first-order valence-corrected chi connectivity index (χ1v) is 7.67. The fourth-order valence-electron chi connectivity index (χ4n) is 2.29. The summed E-state index contributed by atoms with van der Waals surface area (Å²) in [6.07, 6.45) is 5.08. The Morgan fingerprint density at radius 1 is 1.25 bits per heavy atom. The van der Waals surface area contributed by atoms with Gasteiger partial charge in [0.2, 0.25) is 0 Å². The summed E-state index contributed by atoms with van der Waals surface area (Å²) >= 11 is 5.96. The largest absolute Gasteiger partial charge is 0.311 e. The molecule has 4 nitrogen and oxygen atoms in total. The molecule has 0 fully saturated rings. The first-order valence-electron chi connectivity index (χ1n) is 7.29. The summed E-state index contributed by atoms with van der Waals surface area (Å²) in [7, 11) is 0. The third-order valence-electron chi connectivity index (χ3n) is 3.49. The normalized spacial score (nSPS) is 11.6. The molecule has 0 spiro atoms. The van der Waals surface area contributed by atoms with E-state index in [1.807, 2.05) is 28.9 Å². The zero-order valence-corrected chi connectivity index (χ0v) is 13.0. The zero-order chi connectivity index (χ0) is 14.4. The second kappa shape index (κ2) is 7.62. The van der Waals surface area contributed by atoms with Gasteiger partial charge in [-0.15, -0.1) is 0 Å². The van der Waals surface area contributed by atoms with Gasteiger partial charge in [-0.3, -0.25) is 0 Å². The maximum absolute atomic E-state index is 5.96. The van der Waals surface area contributed by atoms with Gasteiger partial charge in [-0.1, -0.05) is 25.4 Å². The lowest BCUT2D eigenvalue weighted by atomic mass is 10.3. The summed E-state index contributed by atoms with van der Waals surface area (Å²) in [6, 6.07) is 3.80. The van der Waals surface area contributed by atoms with Crippen LogP contribution in [0.3, 0.4) is 0 Å². The molecule has 0 aliphatic heterocycles. The zero-order valence-electron chi connectivity index (χ0n) is 12.3. The van der Waals surface area contributed by atoms with Gasteiger partial charge >= 0.3 is 0 Å². The third kappa shape index (κ3) is 4.20. The second-order valence-corrected chi connectivity index (χ2v) is 5.34. The average Bonchev–Trinajstić information content (AvgIpc) is 2.84. The van der Waals surface area contributed by atoms with Gasteiger partial charge in [0.25, 0.3) is 0 Å². The molecule has 0 amide bonds. The number of nitrogens with one attached hydrogen (secondary N) is 1. The van der Waals surface area contributed by atoms with Crippen molar-refractivity contribution in [3.63, 3.8) is 0 Å². The quantitative estimate of drug-likeness (QED) is 0.760. The molecule has 0 saturated heterocycles. The predicted octanol–water partition coefficient (Wildman–Crippen LogP) is 2.81. The average molecular weight is 295 g/mol. The summed E-state index contributed by atoms with van der Waals surface area (Å²) in [5.41, 5.74) is 1.99. The van der Waals surface area contributed by atoms with Crippen LogP contribution in [0.4, 0.5) is 0 Å². The number of pyridine rings is 1. The van der Waals surface area contributed by atoms with E-state index in [1.165, 1.54) is 6.42 Å². The van der Waals surface area contributed by atoms with Gasteiger partial charge in [-0.05, 0) is 44.7 Å². The standard InChI is InChI=1S/C15H23ClN4/c1-3-19(4-2)9-5-8-17-10-14-12-20-11-13(16)6-7-15(20)18-14/h6-7,11-12,17H,3-5,8-10H2,1-2H3. The molecule has 2 rings (SSSR count). The van der Waals surface area contributed by atoms with E-state index >= 15 is 0 Å². The highest BCUT2D eigenvalue weighted by molar-refractivity contribution is 6.30. The number of rotatable bonds is 8. The molecule has 0 radical (unpaired) electrons. The molecule has 0 unspecified atom stereocenters. The first-order chi connectivity index (χ1) is 9.72.